The third-order valence-electron chi connectivity index (χ3n) is 7.06. The second-order valence-electron chi connectivity index (χ2n) is 11.1. The maximum atomic E-state index is 13.3. The van der Waals surface area contributed by atoms with Crippen molar-refractivity contribution in [1.29, 1.82) is 0 Å². The lowest BCUT2D eigenvalue weighted by Crippen LogP contribution is -2.47. The Labute approximate surface area is 257 Å². The molecule has 0 saturated carbocycles. The lowest BCUT2D eigenvalue weighted by Gasteiger charge is -2.36. The Bertz CT molecular complexity index is 1680. The number of aldehydes is 1. The van der Waals surface area contributed by atoms with Crippen LogP contribution in [0.4, 0.5) is 5.69 Å². The summed E-state index contributed by atoms with van der Waals surface area (Å²) >= 11 is 12.6. The van der Waals surface area contributed by atoms with Crippen molar-refractivity contribution >= 4 is 71.4 Å². The molecule has 4 aromatic carbocycles. The summed E-state index contributed by atoms with van der Waals surface area (Å²) in [6, 6.07) is 30.9. The average molecular weight is 614 g/mol. The molecule has 8 heteroatoms. The number of benzene rings is 4. The number of carbonyl (C=O) groups is 2. The lowest BCUT2D eigenvalue weighted by molar-refractivity contribution is 0.0890. The number of hydrogen-bond acceptors (Lipinski definition) is 4. The first-order chi connectivity index (χ1) is 20.2. The molecule has 42 heavy (non-hydrogen) atoms. The molecular formula is C34H30Cl2N2O3Si. The molecule has 0 aliphatic heterocycles. The van der Waals surface area contributed by atoms with Crippen molar-refractivity contribution in [3.8, 4) is 0 Å². The van der Waals surface area contributed by atoms with Crippen molar-refractivity contribution in [2.75, 3.05) is 5.32 Å². The van der Waals surface area contributed by atoms with Gasteiger partial charge in [-0.2, -0.15) is 0 Å². The van der Waals surface area contributed by atoms with E-state index >= 15 is 0 Å². The molecule has 5 nitrogen and oxygen atoms in total. The van der Waals surface area contributed by atoms with E-state index in [-0.39, 0.29) is 15.6 Å². The number of nitrogens with one attached hydrogen (secondary N) is 1. The van der Waals surface area contributed by atoms with Gasteiger partial charge in [-0.05, 0) is 34.0 Å². The summed E-state index contributed by atoms with van der Waals surface area (Å²) in [7, 11) is -2.21. The zero-order valence-electron chi connectivity index (χ0n) is 23.5. The van der Waals surface area contributed by atoms with Gasteiger partial charge in [-0.25, -0.2) is 0 Å². The number of para-hydroxylation sites is 1. The molecule has 1 heterocycles. The van der Waals surface area contributed by atoms with E-state index in [0.29, 0.717) is 16.8 Å². The number of anilines is 1. The normalized spacial score (nSPS) is 12.3. The summed E-state index contributed by atoms with van der Waals surface area (Å²) in [4.78, 5) is 30.4. The first kappa shape index (κ1) is 29.7. The molecule has 0 saturated heterocycles. The van der Waals surface area contributed by atoms with Crippen LogP contribution in [0.15, 0.2) is 103 Å². The summed E-state index contributed by atoms with van der Waals surface area (Å²) in [5.41, 5.74) is 1.96. The van der Waals surface area contributed by atoms with Gasteiger partial charge in [-0.3, -0.25) is 14.6 Å². The fourth-order valence-electron chi connectivity index (χ4n) is 5.09. The molecule has 1 N–H and O–H groups in total. The van der Waals surface area contributed by atoms with Gasteiger partial charge in [0.05, 0.1) is 32.9 Å². The number of halogens is 2. The molecule has 5 aromatic rings. The van der Waals surface area contributed by atoms with Crippen LogP contribution in [-0.4, -0.2) is 26.2 Å². The molecule has 0 aliphatic rings. The Hall–Kier alpha value is -3.81. The van der Waals surface area contributed by atoms with Crippen molar-refractivity contribution in [2.45, 2.75) is 26.9 Å². The first-order valence-electron chi connectivity index (χ1n) is 13.6. The number of hydrogen-bond donors (Lipinski definition) is 1. The molecule has 0 bridgehead atoms. The predicted octanol–water partition coefficient (Wildman–Crippen LogP) is 7.25. The van der Waals surface area contributed by atoms with Crippen molar-refractivity contribution in [3.05, 3.63) is 130 Å². The van der Waals surface area contributed by atoms with Crippen LogP contribution in [0.2, 0.25) is 10.0 Å². The van der Waals surface area contributed by atoms with E-state index in [1.54, 1.807) is 30.5 Å². The zero-order chi connectivity index (χ0) is 29.9. The summed E-state index contributed by atoms with van der Waals surface area (Å²) in [6.45, 7) is 6.31. The molecule has 5 rings (SSSR count). The SMILES string of the molecule is CC(C)(C)C(O[SiH](c1ccccc1)c1ccccc1)c1c(C=O)cnc2c(NC(=O)c3c(Cl)cccc3Cl)cccc12. The Morgan fingerprint density at radius 3 is 1.98 bits per heavy atom. The third kappa shape index (κ3) is 6.17. The molecule has 1 amide bonds. The van der Waals surface area contributed by atoms with Gasteiger partial charge in [0, 0.05) is 22.7 Å². The fourth-order valence-corrected chi connectivity index (χ4v) is 8.32. The second-order valence-corrected chi connectivity index (χ2v) is 14.3. The maximum absolute atomic E-state index is 13.3. The van der Waals surface area contributed by atoms with Gasteiger partial charge < -0.3 is 9.74 Å². The number of aromatic nitrogens is 1. The van der Waals surface area contributed by atoms with Crippen molar-refractivity contribution < 1.29 is 14.0 Å². The van der Waals surface area contributed by atoms with Crippen LogP contribution in [0.25, 0.3) is 10.9 Å². The highest BCUT2D eigenvalue weighted by molar-refractivity contribution is 6.80. The van der Waals surface area contributed by atoms with Gasteiger partial charge in [0.15, 0.2) is 6.29 Å². The van der Waals surface area contributed by atoms with Crippen LogP contribution in [0, 0.1) is 5.41 Å². The van der Waals surface area contributed by atoms with Crippen LogP contribution in [0.5, 0.6) is 0 Å². The molecule has 0 radical (unpaired) electrons. The van der Waals surface area contributed by atoms with Crippen LogP contribution < -0.4 is 15.7 Å². The molecule has 212 valence electrons. The number of pyridine rings is 1. The Morgan fingerprint density at radius 1 is 0.857 bits per heavy atom. The van der Waals surface area contributed by atoms with Gasteiger partial charge in [-0.15, -0.1) is 0 Å². The smallest absolute Gasteiger partial charge is 0.258 e. The minimum atomic E-state index is -2.21. The average Bonchev–Trinajstić information content (AvgIpc) is 2.98. The van der Waals surface area contributed by atoms with E-state index in [1.165, 1.54) is 0 Å². The van der Waals surface area contributed by atoms with Gasteiger partial charge in [-0.1, -0.05) is 123 Å². The van der Waals surface area contributed by atoms with Crippen molar-refractivity contribution in [3.63, 3.8) is 0 Å². The van der Waals surface area contributed by atoms with Crippen LogP contribution in [0.3, 0.4) is 0 Å². The monoisotopic (exact) mass is 612 g/mol. The van der Waals surface area contributed by atoms with Gasteiger partial charge in [0.1, 0.15) is 0 Å². The third-order valence-corrected chi connectivity index (χ3v) is 10.2. The highest BCUT2D eigenvalue weighted by Gasteiger charge is 2.35. The first-order valence-corrected chi connectivity index (χ1v) is 15.9. The van der Waals surface area contributed by atoms with Gasteiger partial charge >= 0.3 is 0 Å². The zero-order valence-corrected chi connectivity index (χ0v) is 26.1. The van der Waals surface area contributed by atoms with E-state index in [1.807, 2.05) is 48.5 Å². The topological polar surface area (TPSA) is 68.3 Å². The lowest BCUT2D eigenvalue weighted by atomic mass is 9.82. The molecular weight excluding hydrogens is 583 g/mol. The Balaban J connectivity index is 1.64. The Morgan fingerprint density at radius 2 is 1.43 bits per heavy atom. The highest BCUT2D eigenvalue weighted by Crippen LogP contribution is 2.42. The van der Waals surface area contributed by atoms with Crippen molar-refractivity contribution in [1.82, 2.24) is 4.98 Å². The summed E-state index contributed by atoms with van der Waals surface area (Å²) in [5.74, 6) is -0.454. The number of nitrogens with zero attached hydrogens (tertiary/aromatic N) is 1. The van der Waals surface area contributed by atoms with Gasteiger partial charge in [0.2, 0.25) is 9.04 Å². The predicted molar refractivity (Wildman–Crippen MR) is 174 cm³/mol. The molecule has 1 aromatic heterocycles. The number of rotatable bonds is 8. The van der Waals surface area contributed by atoms with Crippen LogP contribution >= 0.6 is 23.2 Å². The minimum absolute atomic E-state index is 0.179. The Kier molecular flexibility index (Phi) is 8.90. The summed E-state index contributed by atoms with van der Waals surface area (Å²) in [6.07, 6.45) is 1.90. The second kappa shape index (κ2) is 12.6. The highest BCUT2D eigenvalue weighted by atomic mass is 35.5. The van der Waals surface area contributed by atoms with E-state index in [2.05, 4.69) is 55.3 Å². The molecule has 1 atom stereocenters. The van der Waals surface area contributed by atoms with Gasteiger partial charge in [0.25, 0.3) is 5.91 Å². The minimum Gasteiger partial charge on any atom is -0.403 e. The molecule has 0 aliphatic carbocycles. The summed E-state index contributed by atoms with van der Waals surface area (Å²) in [5, 5.41) is 6.40. The maximum Gasteiger partial charge on any atom is 0.258 e. The van der Waals surface area contributed by atoms with Crippen molar-refractivity contribution in [2.24, 2.45) is 5.41 Å². The largest absolute Gasteiger partial charge is 0.403 e. The van der Waals surface area contributed by atoms with E-state index in [4.69, 9.17) is 27.6 Å². The molecule has 0 fully saturated rings. The molecule has 1 unspecified atom stereocenters. The summed E-state index contributed by atoms with van der Waals surface area (Å²) < 4.78 is 7.18. The standard InChI is InChI=1S/C34H30Cl2N2O3Si/c1-34(2,3)32(41-42(23-12-6-4-7-13-23)24-14-8-5-9-15-24)29-22(21-39)20-37-31-25(29)16-10-19-28(31)38-33(40)30-26(35)17-11-18-27(30)36/h4-21,32,42H,1-3H3,(H,38,40). The van der Waals surface area contributed by atoms with E-state index < -0.39 is 26.5 Å². The van der Waals surface area contributed by atoms with Crippen LogP contribution in [-0.2, 0) is 4.43 Å². The quantitative estimate of drug-likeness (QED) is 0.148. The number of carbonyl (C=O) groups excluding carboxylic acids is 2. The van der Waals surface area contributed by atoms with Crippen LogP contribution in [0.1, 0.15) is 53.2 Å². The fraction of sp³-hybridized carbons (Fsp3) is 0.147. The molecule has 0 spiro atoms. The number of amides is 1. The van der Waals surface area contributed by atoms with E-state index in [0.717, 1.165) is 27.6 Å². The number of fused-ring (bicyclic) bond motifs is 1. The van der Waals surface area contributed by atoms with E-state index in [9.17, 15) is 9.59 Å².